The fourth-order valence-corrected chi connectivity index (χ4v) is 2.49. The maximum atomic E-state index is 4.50. The first-order valence-electron chi connectivity index (χ1n) is 6.81. The number of aromatic nitrogens is 1. The van der Waals surface area contributed by atoms with Crippen LogP contribution in [0.15, 0.2) is 23.4 Å². The van der Waals surface area contributed by atoms with E-state index < -0.39 is 0 Å². The highest BCUT2D eigenvalue weighted by Gasteiger charge is 2.11. The van der Waals surface area contributed by atoms with Crippen LogP contribution in [0.5, 0.6) is 0 Å². The van der Waals surface area contributed by atoms with Crippen LogP contribution in [0.3, 0.4) is 0 Å². The van der Waals surface area contributed by atoms with Crippen LogP contribution in [0.4, 0.5) is 0 Å². The lowest BCUT2D eigenvalue weighted by molar-refractivity contribution is 0.523. The maximum absolute atomic E-state index is 4.50. The lowest BCUT2D eigenvalue weighted by Gasteiger charge is -2.16. The molecule has 1 nitrogen and oxygen atoms in total. The monoisotopic (exact) mass is 251 g/mol. The van der Waals surface area contributed by atoms with Crippen molar-refractivity contribution in [1.29, 1.82) is 0 Å². The van der Waals surface area contributed by atoms with Crippen LogP contribution in [0.2, 0.25) is 0 Å². The second-order valence-electron chi connectivity index (χ2n) is 4.62. The van der Waals surface area contributed by atoms with Gasteiger partial charge in [0.05, 0.1) is 5.03 Å². The fraction of sp³-hybridized carbons (Fsp3) is 0.667. The molecule has 0 atom stereocenters. The van der Waals surface area contributed by atoms with Crippen LogP contribution in [0.25, 0.3) is 0 Å². The summed E-state index contributed by atoms with van der Waals surface area (Å²) in [4.78, 5) is 4.50. The Labute approximate surface area is 110 Å². The highest BCUT2D eigenvalue weighted by atomic mass is 32.2. The van der Waals surface area contributed by atoms with E-state index in [1.54, 1.807) is 11.8 Å². The Morgan fingerprint density at radius 3 is 2.18 bits per heavy atom. The quantitative estimate of drug-likeness (QED) is 0.584. The number of hydrogen-bond acceptors (Lipinski definition) is 2. The van der Waals surface area contributed by atoms with Gasteiger partial charge in [-0.1, -0.05) is 45.6 Å². The molecule has 0 aliphatic heterocycles. The Balaban J connectivity index is 2.65. The number of hydrogen-bond donors (Lipinski definition) is 0. The van der Waals surface area contributed by atoms with Crippen molar-refractivity contribution in [3.63, 3.8) is 0 Å². The third-order valence-corrected chi connectivity index (χ3v) is 3.91. The second kappa shape index (κ2) is 8.57. The number of unbranched alkanes of at least 4 members (excludes halogenated alkanes) is 2. The van der Waals surface area contributed by atoms with Gasteiger partial charge in [-0.3, -0.25) is 0 Å². The molecule has 0 spiro atoms. The molecule has 1 aromatic heterocycles. The van der Waals surface area contributed by atoms with E-state index in [9.17, 15) is 0 Å². The standard InChI is InChI=1S/C15H25NS/c1-4-6-8-13(9-7-5-2)14-10-11-15(17-3)16-12-14/h10-13H,4-9H2,1-3H3. The molecule has 1 heterocycles. The Bertz CT molecular complexity index is 286. The SMILES string of the molecule is CCCCC(CCCC)c1ccc(SC)nc1. The number of thioether (sulfide) groups is 1. The number of pyridine rings is 1. The molecule has 0 fully saturated rings. The van der Waals surface area contributed by atoms with Crippen LogP contribution in [-0.2, 0) is 0 Å². The smallest absolute Gasteiger partial charge is 0.0957 e. The van der Waals surface area contributed by atoms with Crippen molar-refractivity contribution in [3.8, 4) is 0 Å². The van der Waals surface area contributed by atoms with E-state index in [2.05, 4.69) is 43.4 Å². The van der Waals surface area contributed by atoms with Crippen LogP contribution in [0, 0.1) is 0 Å². The molecule has 0 unspecified atom stereocenters. The van der Waals surface area contributed by atoms with Crippen molar-refractivity contribution in [2.45, 2.75) is 63.3 Å². The average Bonchev–Trinajstić information content (AvgIpc) is 2.39. The zero-order chi connectivity index (χ0) is 12.5. The summed E-state index contributed by atoms with van der Waals surface area (Å²) in [6, 6.07) is 4.43. The summed E-state index contributed by atoms with van der Waals surface area (Å²) < 4.78 is 0. The molecule has 96 valence electrons. The van der Waals surface area contributed by atoms with E-state index in [0.29, 0.717) is 0 Å². The second-order valence-corrected chi connectivity index (χ2v) is 5.44. The van der Waals surface area contributed by atoms with Gasteiger partial charge in [0.2, 0.25) is 0 Å². The molecule has 2 heteroatoms. The summed E-state index contributed by atoms with van der Waals surface area (Å²) in [5.74, 6) is 0.721. The predicted octanol–water partition coefficient (Wildman–Crippen LogP) is 5.27. The highest BCUT2D eigenvalue weighted by Crippen LogP contribution is 2.28. The third kappa shape index (κ3) is 5.12. The van der Waals surface area contributed by atoms with E-state index in [1.165, 1.54) is 44.1 Å². The highest BCUT2D eigenvalue weighted by molar-refractivity contribution is 7.98. The van der Waals surface area contributed by atoms with E-state index in [0.717, 1.165) is 10.9 Å². The van der Waals surface area contributed by atoms with E-state index in [1.807, 2.05) is 0 Å². The van der Waals surface area contributed by atoms with Gasteiger partial charge in [0.15, 0.2) is 0 Å². The van der Waals surface area contributed by atoms with Gasteiger partial charge in [-0.2, -0.15) is 0 Å². The first-order valence-corrected chi connectivity index (χ1v) is 8.04. The maximum Gasteiger partial charge on any atom is 0.0957 e. The van der Waals surface area contributed by atoms with Gasteiger partial charge in [0.1, 0.15) is 0 Å². The van der Waals surface area contributed by atoms with Gasteiger partial charge in [-0.25, -0.2) is 4.98 Å². The van der Waals surface area contributed by atoms with Crippen molar-refractivity contribution >= 4 is 11.8 Å². The Morgan fingerprint density at radius 1 is 1.12 bits per heavy atom. The topological polar surface area (TPSA) is 12.9 Å². The molecular formula is C15H25NS. The Kier molecular flexibility index (Phi) is 7.34. The molecule has 0 aliphatic rings. The Morgan fingerprint density at radius 2 is 1.76 bits per heavy atom. The molecule has 0 radical (unpaired) electrons. The minimum Gasteiger partial charge on any atom is -0.250 e. The molecule has 0 amide bonds. The largest absolute Gasteiger partial charge is 0.250 e. The molecule has 0 saturated heterocycles. The average molecular weight is 251 g/mol. The van der Waals surface area contributed by atoms with Crippen molar-refractivity contribution in [3.05, 3.63) is 23.9 Å². The van der Waals surface area contributed by atoms with E-state index >= 15 is 0 Å². The number of rotatable bonds is 8. The van der Waals surface area contributed by atoms with Gasteiger partial charge in [0.25, 0.3) is 0 Å². The first-order chi connectivity index (χ1) is 8.31. The molecule has 1 aromatic rings. The summed E-state index contributed by atoms with van der Waals surface area (Å²) in [5, 5.41) is 1.12. The lowest BCUT2D eigenvalue weighted by Crippen LogP contribution is -2.00. The van der Waals surface area contributed by atoms with Gasteiger partial charge in [-0.15, -0.1) is 11.8 Å². The van der Waals surface area contributed by atoms with Crippen molar-refractivity contribution in [2.24, 2.45) is 0 Å². The summed E-state index contributed by atoms with van der Waals surface area (Å²) in [6.07, 6.45) is 12.0. The molecule has 0 N–H and O–H groups in total. The van der Waals surface area contributed by atoms with Crippen LogP contribution in [0.1, 0.15) is 63.9 Å². The zero-order valence-corrected chi connectivity index (χ0v) is 12.2. The molecule has 0 bridgehead atoms. The van der Waals surface area contributed by atoms with Crippen molar-refractivity contribution in [1.82, 2.24) is 4.98 Å². The van der Waals surface area contributed by atoms with Crippen LogP contribution < -0.4 is 0 Å². The molecule has 17 heavy (non-hydrogen) atoms. The van der Waals surface area contributed by atoms with Gasteiger partial charge >= 0.3 is 0 Å². The van der Waals surface area contributed by atoms with Gasteiger partial charge < -0.3 is 0 Å². The van der Waals surface area contributed by atoms with Crippen molar-refractivity contribution in [2.75, 3.05) is 6.26 Å². The molecule has 0 saturated carbocycles. The number of nitrogens with zero attached hydrogens (tertiary/aromatic N) is 1. The molecule has 0 aromatic carbocycles. The van der Waals surface area contributed by atoms with Crippen LogP contribution in [-0.4, -0.2) is 11.2 Å². The van der Waals surface area contributed by atoms with Gasteiger partial charge in [-0.05, 0) is 36.6 Å². The van der Waals surface area contributed by atoms with Gasteiger partial charge in [0, 0.05) is 6.20 Å². The molecule has 1 rings (SSSR count). The van der Waals surface area contributed by atoms with E-state index in [4.69, 9.17) is 0 Å². The zero-order valence-electron chi connectivity index (χ0n) is 11.4. The predicted molar refractivity (Wildman–Crippen MR) is 77.8 cm³/mol. The Hall–Kier alpha value is -0.500. The minimum atomic E-state index is 0.721. The third-order valence-electron chi connectivity index (χ3n) is 3.25. The van der Waals surface area contributed by atoms with Crippen LogP contribution >= 0.6 is 11.8 Å². The summed E-state index contributed by atoms with van der Waals surface area (Å²) in [6.45, 7) is 4.54. The first kappa shape index (κ1) is 14.6. The lowest BCUT2D eigenvalue weighted by atomic mass is 9.90. The fourth-order valence-electron chi connectivity index (χ4n) is 2.13. The minimum absolute atomic E-state index is 0.721. The summed E-state index contributed by atoms with van der Waals surface area (Å²) in [7, 11) is 0. The molecule has 0 aliphatic carbocycles. The normalized spacial score (nSPS) is 11.1. The van der Waals surface area contributed by atoms with E-state index in [-0.39, 0.29) is 0 Å². The summed E-state index contributed by atoms with van der Waals surface area (Å²) in [5.41, 5.74) is 1.43. The molecular weight excluding hydrogens is 226 g/mol. The summed E-state index contributed by atoms with van der Waals surface area (Å²) >= 11 is 1.71. The van der Waals surface area contributed by atoms with Crippen molar-refractivity contribution < 1.29 is 0 Å².